The van der Waals surface area contributed by atoms with Crippen LogP contribution in [0.5, 0.6) is 0 Å². The van der Waals surface area contributed by atoms with Gasteiger partial charge in [0, 0.05) is 59.9 Å². The fourth-order valence-corrected chi connectivity index (χ4v) is 6.03. The Kier molecular flexibility index (Phi) is 6.40. The Morgan fingerprint density at radius 3 is 2.38 bits per heavy atom. The maximum Gasteiger partial charge on any atom is 0.0555 e. The lowest BCUT2D eigenvalue weighted by Crippen LogP contribution is -2.49. The van der Waals surface area contributed by atoms with Gasteiger partial charge in [-0.05, 0) is 37.2 Å². The van der Waals surface area contributed by atoms with Crippen LogP contribution < -0.4 is 15.6 Å². The van der Waals surface area contributed by atoms with Gasteiger partial charge in [0.2, 0.25) is 0 Å². The highest BCUT2D eigenvalue weighted by molar-refractivity contribution is 5.95. The summed E-state index contributed by atoms with van der Waals surface area (Å²) in [5, 5.41) is 4.67. The zero-order chi connectivity index (χ0) is 23.0. The van der Waals surface area contributed by atoms with Crippen LogP contribution in [0.15, 0.2) is 42.5 Å². The van der Waals surface area contributed by atoms with Crippen LogP contribution >= 0.6 is 0 Å². The van der Waals surface area contributed by atoms with E-state index in [1.807, 2.05) is 0 Å². The van der Waals surface area contributed by atoms with Crippen LogP contribution in [0.25, 0.3) is 23.9 Å². The monoisotopic (exact) mass is 431 g/mol. The van der Waals surface area contributed by atoms with Gasteiger partial charge in [0.15, 0.2) is 0 Å². The second-order valence-electron chi connectivity index (χ2n) is 10.8. The Labute approximate surface area is 194 Å². The number of fused-ring (bicyclic) bond motifs is 1. The SMILES string of the molecule is C=C1CCC(n2c(=C)c3cccc(N4CCN(CC(C)(C)CCC)CC4)c3c2=C)C(=C)C1. The number of allylic oxidation sites excluding steroid dienone is 2. The highest BCUT2D eigenvalue weighted by atomic mass is 15.3. The molecule has 3 heteroatoms. The Morgan fingerprint density at radius 2 is 1.72 bits per heavy atom. The van der Waals surface area contributed by atoms with Crippen molar-refractivity contribution in [3.8, 4) is 0 Å². The van der Waals surface area contributed by atoms with Crippen molar-refractivity contribution in [2.45, 2.75) is 58.9 Å². The molecule has 3 nitrogen and oxygen atoms in total. The Hall–Kier alpha value is -2.26. The lowest BCUT2D eigenvalue weighted by Gasteiger charge is -2.40. The average Bonchev–Trinajstić information content (AvgIpc) is 2.99. The quantitative estimate of drug-likeness (QED) is 0.579. The van der Waals surface area contributed by atoms with Crippen LogP contribution in [-0.4, -0.2) is 42.2 Å². The number of benzene rings is 1. The minimum atomic E-state index is 0.276. The molecule has 172 valence electrons. The number of piperazine rings is 1. The zero-order valence-corrected chi connectivity index (χ0v) is 20.6. The molecule has 2 fully saturated rings. The van der Waals surface area contributed by atoms with E-state index in [2.05, 4.69) is 79.7 Å². The second-order valence-corrected chi connectivity index (χ2v) is 10.8. The fraction of sp³-hybridized carbons (Fsp3) is 0.517. The van der Waals surface area contributed by atoms with Crippen molar-refractivity contribution in [2.75, 3.05) is 37.6 Å². The molecular weight excluding hydrogens is 390 g/mol. The third-order valence-electron chi connectivity index (χ3n) is 7.55. The first-order valence-corrected chi connectivity index (χ1v) is 12.3. The molecule has 0 spiro atoms. The molecular formula is C29H41N3. The van der Waals surface area contributed by atoms with Crippen LogP contribution in [0.2, 0.25) is 0 Å². The van der Waals surface area contributed by atoms with E-state index in [4.69, 9.17) is 0 Å². The van der Waals surface area contributed by atoms with Gasteiger partial charge in [0.05, 0.1) is 6.04 Å². The number of aromatic nitrogens is 1. The lowest BCUT2D eigenvalue weighted by atomic mass is 9.87. The molecule has 1 saturated carbocycles. The molecule has 32 heavy (non-hydrogen) atoms. The standard InChI is InChI=1S/C29H41N3/c1-8-14-29(6,7)20-30-15-17-31(18-16-30)27-11-9-10-25-23(4)32(24(5)28(25)27)26-13-12-21(2)19-22(26)3/h9-11,26H,2-5,8,12-20H2,1,6-7H3. The van der Waals surface area contributed by atoms with Gasteiger partial charge in [-0.1, -0.05) is 76.8 Å². The summed E-state index contributed by atoms with van der Waals surface area (Å²) in [4.78, 5) is 5.20. The van der Waals surface area contributed by atoms with E-state index in [9.17, 15) is 0 Å². The van der Waals surface area contributed by atoms with E-state index in [1.165, 1.54) is 47.0 Å². The van der Waals surface area contributed by atoms with Gasteiger partial charge < -0.3 is 9.47 Å². The van der Waals surface area contributed by atoms with E-state index >= 15 is 0 Å². The van der Waals surface area contributed by atoms with E-state index in [0.29, 0.717) is 5.41 Å². The summed E-state index contributed by atoms with van der Waals surface area (Å²) in [5.41, 5.74) is 4.24. The van der Waals surface area contributed by atoms with Crippen molar-refractivity contribution >= 4 is 29.6 Å². The molecule has 0 amide bonds. The Balaban J connectivity index is 1.60. The summed E-state index contributed by atoms with van der Waals surface area (Å²) in [7, 11) is 0. The smallest absolute Gasteiger partial charge is 0.0555 e. The van der Waals surface area contributed by atoms with E-state index in [0.717, 1.165) is 56.1 Å². The van der Waals surface area contributed by atoms with Crippen LogP contribution in [0, 0.1) is 5.41 Å². The molecule has 4 rings (SSSR count). The third-order valence-corrected chi connectivity index (χ3v) is 7.55. The van der Waals surface area contributed by atoms with Crippen LogP contribution in [-0.2, 0) is 0 Å². The third kappa shape index (κ3) is 4.32. The minimum Gasteiger partial charge on any atom is -0.368 e. The number of rotatable bonds is 6. The Morgan fingerprint density at radius 1 is 1.00 bits per heavy atom. The van der Waals surface area contributed by atoms with E-state index in [1.54, 1.807) is 0 Å². The number of hydrogen-bond acceptors (Lipinski definition) is 2. The van der Waals surface area contributed by atoms with Crippen LogP contribution in [0.3, 0.4) is 0 Å². The molecule has 1 atom stereocenters. The van der Waals surface area contributed by atoms with Crippen molar-refractivity contribution in [1.29, 1.82) is 0 Å². The fourth-order valence-electron chi connectivity index (χ4n) is 6.03. The maximum atomic E-state index is 4.56. The average molecular weight is 432 g/mol. The molecule has 2 aliphatic rings. The Bertz CT molecular complexity index is 1110. The van der Waals surface area contributed by atoms with Crippen molar-refractivity contribution < 1.29 is 0 Å². The maximum absolute atomic E-state index is 4.56. The predicted molar refractivity (Wildman–Crippen MR) is 141 cm³/mol. The summed E-state index contributed by atoms with van der Waals surface area (Å²) in [6, 6.07) is 6.94. The molecule has 1 aromatic carbocycles. The van der Waals surface area contributed by atoms with Crippen molar-refractivity contribution in [2.24, 2.45) is 5.41 Å². The van der Waals surface area contributed by atoms with Crippen molar-refractivity contribution in [1.82, 2.24) is 9.47 Å². The lowest BCUT2D eigenvalue weighted by molar-refractivity contribution is 0.160. The van der Waals surface area contributed by atoms with Gasteiger partial charge in [0.1, 0.15) is 0 Å². The minimum absolute atomic E-state index is 0.276. The molecule has 1 saturated heterocycles. The van der Waals surface area contributed by atoms with Crippen molar-refractivity contribution in [3.63, 3.8) is 0 Å². The first-order chi connectivity index (χ1) is 15.2. The van der Waals surface area contributed by atoms with Gasteiger partial charge in [-0.3, -0.25) is 4.90 Å². The molecule has 0 bridgehead atoms. The molecule has 1 aromatic heterocycles. The molecule has 1 aliphatic heterocycles. The van der Waals surface area contributed by atoms with E-state index < -0.39 is 0 Å². The van der Waals surface area contributed by atoms with Gasteiger partial charge in [0.25, 0.3) is 0 Å². The number of hydrogen-bond donors (Lipinski definition) is 0. The van der Waals surface area contributed by atoms with Crippen LogP contribution in [0.1, 0.15) is 58.9 Å². The predicted octanol–water partition coefficient (Wildman–Crippen LogP) is 5.25. The van der Waals surface area contributed by atoms with Gasteiger partial charge in [-0.2, -0.15) is 0 Å². The van der Waals surface area contributed by atoms with Gasteiger partial charge in [-0.15, -0.1) is 0 Å². The largest absolute Gasteiger partial charge is 0.368 e. The highest BCUT2D eigenvalue weighted by Crippen LogP contribution is 2.34. The van der Waals surface area contributed by atoms with Gasteiger partial charge >= 0.3 is 0 Å². The zero-order valence-electron chi connectivity index (χ0n) is 20.6. The highest BCUT2D eigenvalue weighted by Gasteiger charge is 2.27. The van der Waals surface area contributed by atoms with E-state index in [-0.39, 0.29) is 6.04 Å². The first kappa shape index (κ1) is 22.9. The number of anilines is 1. The first-order valence-electron chi connectivity index (χ1n) is 12.3. The van der Waals surface area contributed by atoms with Gasteiger partial charge in [-0.25, -0.2) is 0 Å². The summed E-state index contributed by atoms with van der Waals surface area (Å²) >= 11 is 0. The summed E-state index contributed by atoms with van der Waals surface area (Å²) < 4.78 is 2.35. The molecule has 2 aromatic rings. The van der Waals surface area contributed by atoms with Crippen LogP contribution in [0.4, 0.5) is 5.69 Å². The number of nitrogens with zero attached hydrogens (tertiary/aromatic N) is 3. The topological polar surface area (TPSA) is 11.4 Å². The molecule has 1 aliphatic carbocycles. The second kappa shape index (κ2) is 8.94. The summed E-state index contributed by atoms with van der Waals surface area (Å²) in [5.74, 6) is 0. The van der Waals surface area contributed by atoms with Crippen molar-refractivity contribution in [3.05, 3.63) is 53.2 Å². The molecule has 2 heterocycles. The molecule has 1 unspecified atom stereocenters. The molecule has 0 N–H and O–H groups in total. The normalized spacial score (nSPS) is 21.0. The summed E-state index contributed by atoms with van der Waals surface area (Å²) in [6.45, 7) is 30.3. The summed E-state index contributed by atoms with van der Waals surface area (Å²) in [6.07, 6.45) is 5.57. The molecule has 0 radical (unpaired) electrons.